The lowest BCUT2D eigenvalue weighted by Crippen LogP contribution is -2.57. The summed E-state index contributed by atoms with van der Waals surface area (Å²) in [5, 5.41) is 11.9. The van der Waals surface area contributed by atoms with E-state index in [1.54, 1.807) is 6.08 Å². The Kier molecular flexibility index (Phi) is 6.58. The van der Waals surface area contributed by atoms with Crippen molar-refractivity contribution in [2.75, 3.05) is 0 Å². The van der Waals surface area contributed by atoms with Crippen molar-refractivity contribution in [3.05, 3.63) is 24.3 Å². The van der Waals surface area contributed by atoms with Gasteiger partial charge in [-0.05, 0) is 31.4 Å². The molecule has 0 aromatic carbocycles. The molecule has 21 heavy (non-hydrogen) atoms. The van der Waals surface area contributed by atoms with E-state index in [1.807, 2.05) is 13.8 Å². The average molecular weight is 296 g/mol. The molecule has 0 radical (unpaired) electrons. The van der Waals surface area contributed by atoms with Crippen LogP contribution < -0.4 is 11.1 Å². The third kappa shape index (κ3) is 4.68. The molecular formula is C15H24N2O4. The number of rotatable bonds is 7. The van der Waals surface area contributed by atoms with Crippen LogP contribution in [0.25, 0.3) is 0 Å². The summed E-state index contributed by atoms with van der Waals surface area (Å²) in [5.41, 5.74) is 6.25. The topological polar surface area (TPSA) is 102 Å². The fourth-order valence-corrected chi connectivity index (χ4v) is 2.39. The van der Waals surface area contributed by atoms with Gasteiger partial charge in [-0.15, -0.1) is 0 Å². The molecule has 4 N–H and O–H groups in total. The molecule has 0 bridgehead atoms. The number of carbonyl (C=O) groups excluding carboxylic acids is 1. The molecule has 1 rings (SSSR count). The maximum absolute atomic E-state index is 11.5. The second-order valence-corrected chi connectivity index (χ2v) is 5.14. The summed E-state index contributed by atoms with van der Waals surface area (Å²) in [7, 11) is 0. The van der Waals surface area contributed by atoms with Crippen molar-refractivity contribution in [2.24, 2.45) is 5.73 Å². The predicted molar refractivity (Wildman–Crippen MR) is 79.7 cm³/mol. The van der Waals surface area contributed by atoms with Crippen molar-refractivity contribution in [3.63, 3.8) is 0 Å². The predicted octanol–water partition coefficient (Wildman–Crippen LogP) is 0.973. The molecular weight excluding hydrogens is 272 g/mol. The van der Waals surface area contributed by atoms with Crippen LogP contribution in [0.3, 0.4) is 0 Å². The highest BCUT2D eigenvalue weighted by Gasteiger charge is 2.35. The highest BCUT2D eigenvalue weighted by molar-refractivity contribution is 5.88. The maximum Gasteiger partial charge on any atom is 0.331 e. The van der Waals surface area contributed by atoms with E-state index in [2.05, 4.69) is 11.9 Å². The number of aliphatic carboxylic acids is 1. The van der Waals surface area contributed by atoms with E-state index in [-0.39, 0.29) is 24.0 Å². The number of carboxylic acid groups (broad SMARTS) is 1. The molecule has 1 aliphatic carbocycles. The van der Waals surface area contributed by atoms with E-state index in [0.717, 1.165) is 18.9 Å². The Balaban J connectivity index is 2.99. The zero-order valence-corrected chi connectivity index (χ0v) is 12.5. The van der Waals surface area contributed by atoms with Crippen molar-refractivity contribution in [1.29, 1.82) is 0 Å². The second kappa shape index (κ2) is 7.95. The van der Waals surface area contributed by atoms with Gasteiger partial charge in [-0.3, -0.25) is 4.79 Å². The first-order valence-corrected chi connectivity index (χ1v) is 7.20. The fourth-order valence-electron chi connectivity index (χ4n) is 2.39. The number of carboxylic acids is 1. The molecule has 0 aliphatic heterocycles. The van der Waals surface area contributed by atoms with Crippen molar-refractivity contribution in [2.45, 2.75) is 57.4 Å². The van der Waals surface area contributed by atoms with Gasteiger partial charge in [-0.1, -0.05) is 20.4 Å². The summed E-state index contributed by atoms with van der Waals surface area (Å²) in [4.78, 5) is 22.7. The van der Waals surface area contributed by atoms with Gasteiger partial charge >= 0.3 is 5.97 Å². The van der Waals surface area contributed by atoms with Crippen LogP contribution in [0.2, 0.25) is 0 Å². The summed E-state index contributed by atoms with van der Waals surface area (Å²) < 4.78 is 5.93. The molecule has 118 valence electrons. The number of carbonyl (C=O) groups is 2. The Morgan fingerprint density at radius 2 is 2.19 bits per heavy atom. The van der Waals surface area contributed by atoms with Crippen molar-refractivity contribution in [3.8, 4) is 0 Å². The molecule has 0 saturated carbocycles. The Labute approximate surface area is 125 Å². The van der Waals surface area contributed by atoms with Crippen LogP contribution in [-0.2, 0) is 14.3 Å². The lowest BCUT2D eigenvalue weighted by Gasteiger charge is -2.36. The van der Waals surface area contributed by atoms with Crippen LogP contribution in [0, 0.1) is 0 Å². The quantitative estimate of drug-likeness (QED) is 0.608. The second-order valence-electron chi connectivity index (χ2n) is 5.14. The fraction of sp³-hybridized carbons (Fsp3) is 0.600. The molecule has 0 aromatic heterocycles. The Morgan fingerprint density at radius 3 is 2.67 bits per heavy atom. The van der Waals surface area contributed by atoms with Crippen molar-refractivity contribution in [1.82, 2.24) is 5.32 Å². The zero-order chi connectivity index (χ0) is 16.0. The third-order valence-electron chi connectivity index (χ3n) is 3.67. The van der Waals surface area contributed by atoms with Gasteiger partial charge in [0.1, 0.15) is 0 Å². The molecule has 1 amide bonds. The van der Waals surface area contributed by atoms with E-state index in [9.17, 15) is 9.59 Å². The van der Waals surface area contributed by atoms with Crippen LogP contribution in [0.1, 0.15) is 33.1 Å². The standard InChI is InChI=1S/C15H24N2O4/c1-4-10(5-2)21-12-8-9(15(19)20)7-11(16)14(12)17-13(18)6-3/h6,8,10-12,14H,3-5,7,16H2,1-2H3,(H,17,18)(H,19,20)/t11-,12+,14+/m0/s1. The Hall–Kier alpha value is -1.66. The van der Waals surface area contributed by atoms with Gasteiger partial charge in [0.25, 0.3) is 0 Å². The Bertz CT molecular complexity index is 429. The first kappa shape index (κ1) is 17.4. The minimum Gasteiger partial charge on any atom is -0.478 e. The summed E-state index contributed by atoms with van der Waals surface area (Å²) in [5.74, 6) is -1.35. The number of nitrogens with two attached hydrogens (primary N) is 1. The first-order chi connectivity index (χ1) is 9.92. The minimum atomic E-state index is -1.00. The van der Waals surface area contributed by atoms with Crippen molar-refractivity contribution < 1.29 is 19.4 Å². The maximum atomic E-state index is 11.5. The van der Waals surface area contributed by atoms with Gasteiger partial charge in [-0.25, -0.2) is 4.79 Å². The SMILES string of the molecule is C=CC(=O)N[C@@H]1[C@@H](N)CC(C(=O)O)=C[C@H]1OC(CC)CC. The van der Waals surface area contributed by atoms with Crippen LogP contribution in [0.4, 0.5) is 0 Å². The van der Waals surface area contributed by atoms with Gasteiger partial charge in [-0.2, -0.15) is 0 Å². The first-order valence-electron chi connectivity index (χ1n) is 7.20. The van der Waals surface area contributed by atoms with Gasteiger partial charge in [0.05, 0.1) is 18.2 Å². The van der Waals surface area contributed by atoms with E-state index in [4.69, 9.17) is 15.6 Å². The number of hydrogen-bond donors (Lipinski definition) is 3. The number of amides is 1. The van der Waals surface area contributed by atoms with Crippen LogP contribution in [-0.4, -0.2) is 41.3 Å². The molecule has 0 heterocycles. The van der Waals surface area contributed by atoms with Crippen LogP contribution in [0.5, 0.6) is 0 Å². The van der Waals surface area contributed by atoms with E-state index >= 15 is 0 Å². The zero-order valence-electron chi connectivity index (χ0n) is 12.5. The van der Waals surface area contributed by atoms with Gasteiger partial charge in [0, 0.05) is 11.6 Å². The van der Waals surface area contributed by atoms with Crippen molar-refractivity contribution >= 4 is 11.9 Å². The molecule has 6 heteroatoms. The molecule has 0 aromatic rings. The lowest BCUT2D eigenvalue weighted by atomic mass is 9.88. The van der Waals surface area contributed by atoms with Gasteiger partial charge < -0.3 is 20.9 Å². The summed E-state index contributed by atoms with van der Waals surface area (Å²) >= 11 is 0. The van der Waals surface area contributed by atoms with E-state index < -0.39 is 24.2 Å². The molecule has 0 spiro atoms. The lowest BCUT2D eigenvalue weighted by molar-refractivity contribution is -0.133. The summed E-state index contributed by atoms with van der Waals surface area (Å²) in [6.07, 6.45) is 3.97. The van der Waals surface area contributed by atoms with E-state index in [0.29, 0.717) is 0 Å². The number of hydrogen-bond acceptors (Lipinski definition) is 4. The Morgan fingerprint density at radius 1 is 1.57 bits per heavy atom. The highest BCUT2D eigenvalue weighted by atomic mass is 16.5. The van der Waals surface area contributed by atoms with Gasteiger partial charge in [0.15, 0.2) is 0 Å². The molecule has 6 nitrogen and oxygen atoms in total. The third-order valence-corrected chi connectivity index (χ3v) is 3.67. The normalized spacial score (nSPS) is 25.3. The number of nitrogens with one attached hydrogen (secondary N) is 1. The molecule has 0 saturated heterocycles. The highest BCUT2D eigenvalue weighted by Crippen LogP contribution is 2.23. The molecule has 3 atom stereocenters. The van der Waals surface area contributed by atoms with Crippen LogP contribution >= 0.6 is 0 Å². The monoisotopic (exact) mass is 296 g/mol. The number of ether oxygens (including phenoxy) is 1. The smallest absolute Gasteiger partial charge is 0.331 e. The molecule has 0 unspecified atom stereocenters. The molecule has 1 aliphatic rings. The summed E-state index contributed by atoms with van der Waals surface area (Å²) in [6, 6.07) is -0.969. The minimum absolute atomic E-state index is 0.00488. The van der Waals surface area contributed by atoms with Gasteiger partial charge in [0.2, 0.25) is 5.91 Å². The van der Waals surface area contributed by atoms with Crippen LogP contribution in [0.15, 0.2) is 24.3 Å². The largest absolute Gasteiger partial charge is 0.478 e. The molecule has 0 fully saturated rings. The van der Waals surface area contributed by atoms with E-state index in [1.165, 1.54) is 0 Å². The average Bonchev–Trinajstić information content (AvgIpc) is 2.46. The summed E-state index contributed by atoms with van der Waals surface area (Å²) in [6.45, 7) is 7.40.